The summed E-state index contributed by atoms with van der Waals surface area (Å²) in [7, 11) is 0. The molecule has 1 aromatic rings. The normalized spacial score (nSPS) is 9.92. The van der Waals surface area contributed by atoms with Gasteiger partial charge in [0.1, 0.15) is 0 Å². The molecule has 0 saturated heterocycles. The molecule has 0 atom stereocenters. The first kappa shape index (κ1) is 10.1. The lowest BCUT2D eigenvalue weighted by atomic mass is 10.3. The number of anilines is 1. The molecule has 0 aliphatic rings. The monoisotopic (exact) mass is 295 g/mol. The smallest absolute Gasteiger partial charge is 0.0648 e. The van der Waals surface area contributed by atoms with Crippen molar-refractivity contribution in [1.82, 2.24) is 0 Å². The van der Waals surface area contributed by atoms with Crippen LogP contribution in [0.25, 0.3) is 0 Å². The topological polar surface area (TPSA) is 12.0 Å². The van der Waals surface area contributed by atoms with E-state index in [-0.39, 0.29) is 0 Å². The van der Waals surface area contributed by atoms with Gasteiger partial charge in [-0.05, 0) is 47.2 Å². The van der Waals surface area contributed by atoms with Gasteiger partial charge in [0, 0.05) is 10.1 Å². The zero-order valence-electron chi connectivity index (χ0n) is 6.90. The number of hydrogen-bond donors (Lipinski definition) is 1. The predicted molar refractivity (Wildman–Crippen MR) is 62.9 cm³/mol. The first-order valence-electron chi connectivity index (χ1n) is 3.93. The third-order valence-corrected chi connectivity index (χ3v) is 2.48. The summed E-state index contributed by atoms with van der Waals surface area (Å²) in [6, 6.07) is 6.02. The SMILES string of the molecule is CCCNc1ccc(I)cc1Cl. The molecule has 0 aliphatic carbocycles. The summed E-state index contributed by atoms with van der Waals surface area (Å²) in [5.74, 6) is 0. The molecule has 3 heteroatoms. The van der Waals surface area contributed by atoms with Crippen molar-refractivity contribution in [2.75, 3.05) is 11.9 Å². The number of rotatable bonds is 3. The lowest BCUT2D eigenvalue weighted by molar-refractivity contribution is 0.980. The Morgan fingerprint density at radius 3 is 2.83 bits per heavy atom. The molecule has 0 aromatic heterocycles. The minimum absolute atomic E-state index is 0.801. The highest BCUT2D eigenvalue weighted by molar-refractivity contribution is 14.1. The second-order valence-electron chi connectivity index (χ2n) is 2.55. The Hall–Kier alpha value is 0.0400. The molecule has 1 aromatic carbocycles. The van der Waals surface area contributed by atoms with Gasteiger partial charge in [-0.25, -0.2) is 0 Å². The van der Waals surface area contributed by atoms with E-state index < -0.39 is 0 Å². The highest BCUT2D eigenvalue weighted by Crippen LogP contribution is 2.23. The minimum Gasteiger partial charge on any atom is -0.384 e. The van der Waals surface area contributed by atoms with Gasteiger partial charge in [0.05, 0.1) is 10.7 Å². The van der Waals surface area contributed by atoms with Crippen molar-refractivity contribution < 1.29 is 0 Å². The van der Waals surface area contributed by atoms with Crippen molar-refractivity contribution in [1.29, 1.82) is 0 Å². The lowest BCUT2D eigenvalue weighted by Gasteiger charge is -2.06. The highest BCUT2D eigenvalue weighted by Gasteiger charge is 1.98. The third-order valence-electron chi connectivity index (χ3n) is 1.50. The number of benzene rings is 1. The van der Waals surface area contributed by atoms with Gasteiger partial charge in [-0.3, -0.25) is 0 Å². The molecular formula is C9H11ClIN. The van der Waals surface area contributed by atoms with E-state index in [0.29, 0.717) is 0 Å². The summed E-state index contributed by atoms with van der Waals surface area (Å²) in [4.78, 5) is 0. The summed E-state index contributed by atoms with van der Waals surface area (Å²) >= 11 is 8.25. The second-order valence-corrected chi connectivity index (χ2v) is 4.20. The molecule has 1 N–H and O–H groups in total. The molecular weight excluding hydrogens is 284 g/mol. The molecule has 1 nitrogen and oxygen atoms in total. The first-order chi connectivity index (χ1) is 5.74. The Morgan fingerprint density at radius 1 is 1.50 bits per heavy atom. The van der Waals surface area contributed by atoms with Gasteiger partial charge in [0.25, 0.3) is 0 Å². The molecule has 0 heterocycles. The molecule has 0 saturated carbocycles. The molecule has 0 spiro atoms. The van der Waals surface area contributed by atoms with Crippen LogP contribution in [0.4, 0.5) is 5.69 Å². The van der Waals surface area contributed by atoms with Crippen LogP contribution in [-0.2, 0) is 0 Å². The van der Waals surface area contributed by atoms with Crippen molar-refractivity contribution in [3.05, 3.63) is 26.8 Å². The number of hydrogen-bond acceptors (Lipinski definition) is 1. The van der Waals surface area contributed by atoms with Gasteiger partial charge in [-0.1, -0.05) is 18.5 Å². The van der Waals surface area contributed by atoms with E-state index in [0.717, 1.165) is 23.7 Å². The zero-order valence-corrected chi connectivity index (χ0v) is 9.82. The maximum atomic E-state index is 6.00. The van der Waals surface area contributed by atoms with Gasteiger partial charge in [-0.2, -0.15) is 0 Å². The zero-order chi connectivity index (χ0) is 8.97. The fraction of sp³-hybridized carbons (Fsp3) is 0.333. The molecule has 1 rings (SSSR count). The van der Waals surface area contributed by atoms with Crippen LogP contribution in [0.15, 0.2) is 18.2 Å². The van der Waals surface area contributed by atoms with Crippen molar-refractivity contribution in [2.45, 2.75) is 13.3 Å². The summed E-state index contributed by atoms with van der Waals surface area (Å²) < 4.78 is 1.17. The maximum Gasteiger partial charge on any atom is 0.0648 e. The van der Waals surface area contributed by atoms with Gasteiger partial charge < -0.3 is 5.32 Å². The number of halogens is 2. The van der Waals surface area contributed by atoms with Crippen LogP contribution in [0.3, 0.4) is 0 Å². The summed E-state index contributed by atoms with van der Waals surface area (Å²) in [5, 5.41) is 4.06. The van der Waals surface area contributed by atoms with Crippen LogP contribution in [-0.4, -0.2) is 6.54 Å². The fourth-order valence-corrected chi connectivity index (χ4v) is 1.82. The molecule has 66 valence electrons. The van der Waals surface area contributed by atoms with Crippen molar-refractivity contribution in [3.63, 3.8) is 0 Å². The molecule has 0 bridgehead atoms. The molecule has 0 radical (unpaired) electrons. The Bertz CT molecular complexity index is 263. The van der Waals surface area contributed by atoms with Crippen LogP contribution in [0.2, 0.25) is 5.02 Å². The van der Waals surface area contributed by atoms with Crippen LogP contribution < -0.4 is 5.32 Å². The van der Waals surface area contributed by atoms with Crippen molar-refractivity contribution in [2.24, 2.45) is 0 Å². The van der Waals surface area contributed by atoms with E-state index in [1.807, 2.05) is 18.2 Å². The summed E-state index contributed by atoms with van der Waals surface area (Å²) in [5.41, 5.74) is 1.03. The third kappa shape index (κ3) is 2.83. The van der Waals surface area contributed by atoms with Gasteiger partial charge >= 0.3 is 0 Å². The van der Waals surface area contributed by atoms with E-state index in [9.17, 15) is 0 Å². The van der Waals surface area contributed by atoms with Gasteiger partial charge in [0.2, 0.25) is 0 Å². The minimum atomic E-state index is 0.801. The maximum absolute atomic E-state index is 6.00. The van der Waals surface area contributed by atoms with Crippen molar-refractivity contribution >= 4 is 39.9 Å². The largest absolute Gasteiger partial charge is 0.384 e. The molecule has 0 fully saturated rings. The lowest BCUT2D eigenvalue weighted by Crippen LogP contribution is -1.99. The van der Waals surface area contributed by atoms with E-state index in [4.69, 9.17) is 11.6 Å². The van der Waals surface area contributed by atoms with E-state index in [2.05, 4.69) is 34.8 Å². The van der Waals surface area contributed by atoms with Crippen molar-refractivity contribution in [3.8, 4) is 0 Å². The van der Waals surface area contributed by atoms with Gasteiger partial charge in [0.15, 0.2) is 0 Å². The van der Waals surface area contributed by atoms with E-state index in [1.54, 1.807) is 0 Å². The molecule has 0 amide bonds. The summed E-state index contributed by atoms with van der Waals surface area (Å²) in [6.45, 7) is 3.11. The number of nitrogens with one attached hydrogen (secondary N) is 1. The Kier molecular flexibility index (Phi) is 4.15. The molecule has 12 heavy (non-hydrogen) atoms. The van der Waals surface area contributed by atoms with Crippen LogP contribution >= 0.6 is 34.2 Å². The quantitative estimate of drug-likeness (QED) is 0.837. The Labute approximate surface area is 91.6 Å². The molecule has 0 aliphatic heterocycles. The Balaban J connectivity index is 2.72. The highest BCUT2D eigenvalue weighted by atomic mass is 127. The Morgan fingerprint density at radius 2 is 2.25 bits per heavy atom. The standard InChI is InChI=1S/C9H11ClIN/c1-2-5-12-9-4-3-7(11)6-8(9)10/h3-4,6,12H,2,5H2,1H3. The van der Waals surface area contributed by atoms with Crippen LogP contribution in [0.5, 0.6) is 0 Å². The van der Waals surface area contributed by atoms with Crippen LogP contribution in [0.1, 0.15) is 13.3 Å². The van der Waals surface area contributed by atoms with Crippen LogP contribution in [0, 0.1) is 3.57 Å². The average Bonchev–Trinajstić information content (AvgIpc) is 2.03. The summed E-state index contributed by atoms with van der Waals surface area (Å²) in [6.07, 6.45) is 1.11. The average molecular weight is 296 g/mol. The second kappa shape index (κ2) is 4.92. The predicted octanol–water partition coefficient (Wildman–Crippen LogP) is 3.77. The van der Waals surface area contributed by atoms with Gasteiger partial charge in [-0.15, -0.1) is 0 Å². The fourth-order valence-electron chi connectivity index (χ4n) is 0.893. The van der Waals surface area contributed by atoms with E-state index >= 15 is 0 Å². The first-order valence-corrected chi connectivity index (χ1v) is 5.38. The van der Waals surface area contributed by atoms with E-state index in [1.165, 1.54) is 3.57 Å². The molecule has 0 unspecified atom stereocenters.